The van der Waals surface area contributed by atoms with E-state index in [-0.39, 0.29) is 11.3 Å². The molecule has 3 aromatic carbocycles. The van der Waals surface area contributed by atoms with Crippen LogP contribution in [0, 0.1) is 0 Å². The van der Waals surface area contributed by atoms with E-state index in [1.54, 1.807) is 26.3 Å². The molecule has 0 bridgehead atoms. The highest BCUT2D eigenvalue weighted by Gasteiger charge is 2.35. The normalized spacial score (nSPS) is 14.2. The Labute approximate surface area is 206 Å². The van der Waals surface area contributed by atoms with Crippen molar-refractivity contribution in [1.29, 1.82) is 0 Å². The van der Waals surface area contributed by atoms with Crippen molar-refractivity contribution < 1.29 is 9.84 Å². The van der Waals surface area contributed by atoms with Gasteiger partial charge >= 0.3 is 5.69 Å². The number of aromatic nitrogens is 3. The number of hydrogen-bond acceptors (Lipinski definition) is 5. The third kappa shape index (κ3) is 2.94. The van der Waals surface area contributed by atoms with Gasteiger partial charge in [0.05, 0.1) is 46.8 Å². The summed E-state index contributed by atoms with van der Waals surface area (Å²) in [5.74, 6) is 0.818. The van der Waals surface area contributed by atoms with Gasteiger partial charge in [0.15, 0.2) is 0 Å². The molecule has 1 aliphatic rings. The van der Waals surface area contributed by atoms with E-state index in [1.165, 1.54) is 11.6 Å². The van der Waals surface area contributed by atoms with Crippen molar-refractivity contribution in [3.63, 3.8) is 0 Å². The Morgan fingerprint density at radius 3 is 2.31 bits per heavy atom. The maximum Gasteiger partial charge on any atom is 0.331 e. The van der Waals surface area contributed by atoms with Crippen LogP contribution >= 0.6 is 0 Å². The van der Waals surface area contributed by atoms with E-state index in [2.05, 4.69) is 5.32 Å². The number of aryl methyl sites for hydroxylation is 1. The smallest absolute Gasteiger partial charge is 0.331 e. The van der Waals surface area contributed by atoms with Gasteiger partial charge in [0.25, 0.3) is 5.56 Å². The number of nitrogens with zero attached hydrogens (tertiary/aromatic N) is 3. The lowest BCUT2D eigenvalue weighted by Crippen LogP contribution is -2.37. The second kappa shape index (κ2) is 7.91. The summed E-state index contributed by atoms with van der Waals surface area (Å²) < 4.78 is 10.0. The zero-order valence-corrected chi connectivity index (χ0v) is 20.0. The van der Waals surface area contributed by atoms with Gasteiger partial charge in [-0.3, -0.25) is 13.9 Å². The summed E-state index contributed by atoms with van der Waals surface area (Å²) in [4.78, 5) is 26.8. The highest BCUT2D eigenvalue weighted by molar-refractivity contribution is 5.99. The summed E-state index contributed by atoms with van der Waals surface area (Å²) in [7, 11) is 4.77. The summed E-state index contributed by atoms with van der Waals surface area (Å²) in [6.45, 7) is 0. The average molecular weight is 481 g/mol. The fourth-order valence-electron chi connectivity index (χ4n) is 5.21. The van der Waals surface area contributed by atoms with Crippen LogP contribution < -0.4 is 21.3 Å². The van der Waals surface area contributed by atoms with Crippen LogP contribution in [0.3, 0.4) is 0 Å². The van der Waals surface area contributed by atoms with E-state index in [0.29, 0.717) is 33.6 Å². The number of ether oxygens (including phenoxy) is 1. The highest BCUT2D eigenvalue weighted by atomic mass is 16.5. The van der Waals surface area contributed by atoms with Crippen LogP contribution in [0.4, 0.5) is 5.69 Å². The fourth-order valence-corrected chi connectivity index (χ4v) is 5.21. The Balaban J connectivity index is 1.85. The highest BCUT2D eigenvalue weighted by Crippen LogP contribution is 2.46. The maximum absolute atomic E-state index is 13.7. The minimum Gasteiger partial charge on any atom is -0.508 e. The van der Waals surface area contributed by atoms with Crippen molar-refractivity contribution in [2.75, 3.05) is 12.4 Å². The summed E-state index contributed by atoms with van der Waals surface area (Å²) in [5.41, 5.74) is 4.22. The number of hydrogen-bond donors (Lipinski definition) is 2. The minimum atomic E-state index is -0.520. The van der Waals surface area contributed by atoms with Crippen molar-refractivity contribution in [2.45, 2.75) is 6.04 Å². The number of anilines is 1. The fraction of sp³-hybridized carbons (Fsp3) is 0.143. The monoisotopic (exact) mass is 480 g/mol. The number of phenols is 1. The molecule has 0 spiro atoms. The zero-order valence-electron chi connectivity index (χ0n) is 20.0. The molecule has 36 heavy (non-hydrogen) atoms. The van der Waals surface area contributed by atoms with Gasteiger partial charge in [0.2, 0.25) is 0 Å². The molecule has 8 nitrogen and oxygen atoms in total. The Kier molecular flexibility index (Phi) is 4.79. The van der Waals surface area contributed by atoms with Crippen LogP contribution in [0.1, 0.15) is 17.3 Å². The number of para-hydroxylation sites is 3. The first kappa shape index (κ1) is 21.8. The van der Waals surface area contributed by atoms with Crippen LogP contribution in [-0.2, 0) is 14.1 Å². The van der Waals surface area contributed by atoms with E-state index in [4.69, 9.17) is 4.74 Å². The van der Waals surface area contributed by atoms with E-state index >= 15 is 0 Å². The van der Waals surface area contributed by atoms with E-state index in [1.807, 2.05) is 65.2 Å². The predicted octanol–water partition coefficient (Wildman–Crippen LogP) is 3.92. The van der Waals surface area contributed by atoms with E-state index in [0.717, 1.165) is 21.5 Å². The average Bonchev–Trinajstić information content (AvgIpc) is 3.27. The molecule has 1 unspecified atom stereocenters. The van der Waals surface area contributed by atoms with Crippen molar-refractivity contribution in [1.82, 2.24) is 13.7 Å². The van der Waals surface area contributed by atoms with E-state index < -0.39 is 11.7 Å². The first-order valence-corrected chi connectivity index (χ1v) is 11.5. The molecule has 180 valence electrons. The SMILES string of the molecule is COc1ccc(-c2c3c(=O)n(C)c(=O)n(C)c3c3n2-c2ccccc2NC3c2ccccc2O)cc1. The molecule has 8 heteroatoms. The Morgan fingerprint density at radius 2 is 1.58 bits per heavy atom. The standard InChI is InChI=1S/C28H24N4O4/c1-30-25-22(27(34)31(2)28(30)35)24(16-12-14-17(36-3)15-13-16)32-20-10-6-5-9-19(20)29-23(26(25)32)18-8-4-7-11-21(18)33/h4-15,23,29,33H,1-3H3. The van der Waals surface area contributed by atoms with Crippen LogP contribution in [0.5, 0.6) is 11.5 Å². The first-order chi connectivity index (χ1) is 17.4. The summed E-state index contributed by atoms with van der Waals surface area (Å²) in [5, 5.41) is 14.8. The molecule has 1 aliphatic heterocycles. The number of benzene rings is 3. The van der Waals surface area contributed by atoms with Gasteiger partial charge in [0.1, 0.15) is 11.5 Å². The molecule has 2 aromatic heterocycles. The van der Waals surface area contributed by atoms with Gasteiger partial charge in [-0.1, -0.05) is 30.3 Å². The quantitative estimate of drug-likeness (QED) is 0.409. The topological polar surface area (TPSA) is 90.4 Å². The molecule has 5 aromatic rings. The summed E-state index contributed by atoms with van der Waals surface area (Å²) in [6.07, 6.45) is 0. The molecule has 3 heterocycles. The van der Waals surface area contributed by atoms with Crippen molar-refractivity contribution in [2.24, 2.45) is 14.1 Å². The Hall–Kier alpha value is -4.72. The molecule has 0 amide bonds. The molecule has 1 atom stereocenters. The number of rotatable bonds is 3. The maximum atomic E-state index is 13.7. The molecule has 6 rings (SSSR count). The predicted molar refractivity (Wildman–Crippen MR) is 139 cm³/mol. The lowest BCUT2D eigenvalue weighted by atomic mass is 9.98. The third-order valence-electron chi connectivity index (χ3n) is 6.94. The minimum absolute atomic E-state index is 0.120. The van der Waals surface area contributed by atoms with Gasteiger partial charge < -0.3 is 19.7 Å². The van der Waals surface area contributed by atoms with Gasteiger partial charge in [-0.05, 0) is 48.0 Å². The van der Waals surface area contributed by atoms with Crippen LogP contribution in [0.25, 0.3) is 27.8 Å². The van der Waals surface area contributed by atoms with Gasteiger partial charge in [-0.25, -0.2) is 4.79 Å². The second-order valence-corrected chi connectivity index (χ2v) is 8.88. The number of methoxy groups -OCH3 is 1. The van der Waals surface area contributed by atoms with Crippen molar-refractivity contribution in [3.8, 4) is 28.4 Å². The van der Waals surface area contributed by atoms with E-state index in [9.17, 15) is 14.7 Å². The summed E-state index contributed by atoms with van der Waals surface area (Å²) >= 11 is 0. The Morgan fingerprint density at radius 1 is 0.889 bits per heavy atom. The number of aromatic hydroxyl groups is 1. The van der Waals surface area contributed by atoms with Gasteiger partial charge in [-0.15, -0.1) is 0 Å². The molecule has 0 radical (unpaired) electrons. The van der Waals surface area contributed by atoms with Crippen LogP contribution in [-0.4, -0.2) is 25.9 Å². The summed E-state index contributed by atoms with van der Waals surface area (Å²) in [6, 6.07) is 21.9. The molecule has 0 saturated carbocycles. The second-order valence-electron chi connectivity index (χ2n) is 8.88. The largest absolute Gasteiger partial charge is 0.508 e. The first-order valence-electron chi connectivity index (χ1n) is 11.5. The lowest BCUT2D eigenvalue weighted by molar-refractivity contribution is 0.415. The van der Waals surface area contributed by atoms with Crippen LogP contribution in [0.15, 0.2) is 82.4 Å². The van der Waals surface area contributed by atoms with Gasteiger partial charge in [-0.2, -0.15) is 0 Å². The Bertz CT molecular complexity index is 1780. The zero-order chi connectivity index (χ0) is 25.1. The number of phenolic OH excluding ortho intramolecular Hbond substituents is 1. The molecule has 0 fully saturated rings. The number of nitrogens with one attached hydrogen (secondary N) is 1. The molecular weight excluding hydrogens is 456 g/mol. The third-order valence-corrected chi connectivity index (χ3v) is 6.94. The molecule has 2 N–H and O–H groups in total. The van der Waals surface area contributed by atoms with Crippen molar-refractivity contribution in [3.05, 3.63) is 105 Å². The number of fused-ring (bicyclic) bond motifs is 5. The molecule has 0 saturated heterocycles. The molecule has 0 aliphatic carbocycles. The molecular formula is C28H24N4O4. The van der Waals surface area contributed by atoms with Crippen molar-refractivity contribution >= 4 is 16.6 Å². The van der Waals surface area contributed by atoms with Crippen LogP contribution in [0.2, 0.25) is 0 Å². The lowest BCUT2D eigenvalue weighted by Gasteiger charge is -2.31. The van der Waals surface area contributed by atoms with Gasteiger partial charge in [0, 0.05) is 19.7 Å².